The van der Waals surface area contributed by atoms with E-state index >= 15 is 0 Å². The van der Waals surface area contributed by atoms with Crippen LogP contribution in [0.15, 0.2) is 29.7 Å². The number of piperidine rings is 1. The van der Waals surface area contributed by atoms with E-state index in [0.717, 1.165) is 86.6 Å². The van der Waals surface area contributed by atoms with Crippen molar-refractivity contribution in [2.24, 2.45) is 0 Å². The number of carbonyl (C=O) groups excluding carboxylic acids is 1. The topological polar surface area (TPSA) is 73.5 Å². The second kappa shape index (κ2) is 9.65. The van der Waals surface area contributed by atoms with E-state index in [1.165, 1.54) is 28.0 Å². The summed E-state index contributed by atoms with van der Waals surface area (Å²) < 4.78 is 5.67. The molecule has 0 bridgehead atoms. The van der Waals surface area contributed by atoms with E-state index in [1.807, 2.05) is 22.3 Å². The van der Waals surface area contributed by atoms with Gasteiger partial charge in [0.15, 0.2) is 0 Å². The van der Waals surface area contributed by atoms with Crippen molar-refractivity contribution in [1.29, 1.82) is 0 Å². The summed E-state index contributed by atoms with van der Waals surface area (Å²) in [6.07, 6.45) is 10.8. The van der Waals surface area contributed by atoms with Crippen molar-refractivity contribution in [3.8, 4) is 17.0 Å². The van der Waals surface area contributed by atoms with E-state index in [1.54, 1.807) is 0 Å². The number of H-pyrrole nitrogens is 1. The van der Waals surface area contributed by atoms with Gasteiger partial charge in [-0.15, -0.1) is 11.3 Å². The number of hydrogen-bond donors (Lipinski definition) is 2. The Labute approximate surface area is 221 Å². The van der Waals surface area contributed by atoms with Gasteiger partial charge in [0, 0.05) is 60.2 Å². The number of benzene rings is 1. The predicted molar refractivity (Wildman–Crippen MR) is 146 cm³/mol. The number of aromatic nitrogens is 2. The lowest BCUT2D eigenvalue weighted by Gasteiger charge is -2.35. The number of ether oxygens (including phenoxy) is 1. The highest BCUT2D eigenvalue weighted by Crippen LogP contribution is 2.34. The molecule has 8 heteroatoms. The zero-order chi connectivity index (χ0) is 24.8. The molecule has 192 valence electrons. The summed E-state index contributed by atoms with van der Waals surface area (Å²) in [5, 5.41) is 13.6. The summed E-state index contributed by atoms with van der Waals surface area (Å²) in [7, 11) is 0. The standard InChI is InChI=1S/C29H33N5O2S/c35-29(30-22-4-3-11-33(16-22)15-21-18-37-27-6-2-1-5-23(21)27)34-12-9-25-24(17-34)28(32-31-25)20-7-8-26-19(14-20)10-13-36-26/h1,5,7-8,14,18,22H,2-4,6,9-13,15-17H2,(H,30,35)(H,31,32)/t22-/m1/s1. The van der Waals surface area contributed by atoms with Gasteiger partial charge in [0.1, 0.15) is 5.75 Å². The van der Waals surface area contributed by atoms with Crippen LogP contribution in [-0.4, -0.2) is 58.3 Å². The summed E-state index contributed by atoms with van der Waals surface area (Å²) in [5.74, 6) is 0.978. The Hall–Kier alpha value is -3.10. The number of carbonyl (C=O) groups is 1. The highest BCUT2D eigenvalue weighted by molar-refractivity contribution is 7.10. The van der Waals surface area contributed by atoms with Crippen molar-refractivity contribution in [1.82, 2.24) is 25.3 Å². The molecule has 2 amide bonds. The van der Waals surface area contributed by atoms with Gasteiger partial charge in [0.25, 0.3) is 0 Å². The van der Waals surface area contributed by atoms with Crippen molar-refractivity contribution in [2.75, 3.05) is 26.2 Å². The number of nitrogens with one attached hydrogen (secondary N) is 2. The van der Waals surface area contributed by atoms with Crippen LogP contribution < -0.4 is 10.1 Å². The molecular weight excluding hydrogens is 482 g/mol. The lowest BCUT2D eigenvalue weighted by Crippen LogP contribution is -2.52. The molecule has 3 aliphatic heterocycles. The molecule has 7 rings (SSSR count). The molecule has 5 heterocycles. The number of likely N-dealkylation sites (tertiary alicyclic amines) is 1. The van der Waals surface area contributed by atoms with Crippen LogP contribution in [0.1, 0.15) is 52.1 Å². The first-order valence-corrected chi connectivity index (χ1v) is 14.4. The van der Waals surface area contributed by atoms with Gasteiger partial charge in [-0.05, 0) is 72.5 Å². The first-order valence-electron chi connectivity index (χ1n) is 13.6. The van der Waals surface area contributed by atoms with E-state index in [9.17, 15) is 4.79 Å². The second-order valence-electron chi connectivity index (χ2n) is 10.7. The predicted octanol–water partition coefficient (Wildman–Crippen LogP) is 4.76. The highest BCUT2D eigenvalue weighted by Gasteiger charge is 2.29. The van der Waals surface area contributed by atoms with Gasteiger partial charge in [-0.3, -0.25) is 10.00 Å². The van der Waals surface area contributed by atoms with Crippen LogP contribution in [0, 0.1) is 0 Å². The third-order valence-corrected chi connectivity index (χ3v) is 9.33. The number of rotatable bonds is 4. The Morgan fingerprint density at radius 3 is 3.19 bits per heavy atom. The van der Waals surface area contributed by atoms with Crippen molar-refractivity contribution in [3.05, 3.63) is 62.5 Å². The van der Waals surface area contributed by atoms with Crippen LogP contribution in [0.5, 0.6) is 5.75 Å². The van der Waals surface area contributed by atoms with Gasteiger partial charge in [-0.1, -0.05) is 12.2 Å². The minimum Gasteiger partial charge on any atom is -0.493 e. The summed E-state index contributed by atoms with van der Waals surface area (Å²) in [4.78, 5) is 19.3. The summed E-state index contributed by atoms with van der Waals surface area (Å²) in [6, 6.07) is 6.55. The van der Waals surface area contributed by atoms with Crippen molar-refractivity contribution in [3.63, 3.8) is 0 Å². The molecule has 2 aromatic heterocycles. The van der Waals surface area contributed by atoms with Gasteiger partial charge in [0.05, 0.1) is 18.8 Å². The molecule has 1 saturated heterocycles. The number of nitrogens with zero attached hydrogens (tertiary/aromatic N) is 3. The molecule has 1 fully saturated rings. The Balaban J connectivity index is 1.00. The number of thiophene rings is 1. The molecule has 0 spiro atoms. The van der Waals surface area contributed by atoms with Crippen molar-refractivity contribution in [2.45, 2.75) is 57.7 Å². The van der Waals surface area contributed by atoms with Gasteiger partial charge in [0.2, 0.25) is 0 Å². The molecule has 0 unspecified atom stereocenters. The molecule has 7 nitrogen and oxygen atoms in total. The highest BCUT2D eigenvalue weighted by atomic mass is 32.1. The average molecular weight is 516 g/mol. The number of aromatic amines is 1. The lowest BCUT2D eigenvalue weighted by molar-refractivity contribution is 0.160. The molecule has 3 aromatic rings. The Morgan fingerprint density at radius 1 is 1.24 bits per heavy atom. The Bertz CT molecular complexity index is 1360. The van der Waals surface area contributed by atoms with Gasteiger partial charge in [-0.2, -0.15) is 5.10 Å². The van der Waals surface area contributed by atoms with E-state index in [-0.39, 0.29) is 12.1 Å². The summed E-state index contributed by atoms with van der Waals surface area (Å²) in [5.41, 5.74) is 8.46. The third-order valence-electron chi connectivity index (χ3n) is 8.22. The van der Waals surface area contributed by atoms with Crippen LogP contribution in [0.2, 0.25) is 0 Å². The normalized spacial score (nSPS) is 20.8. The maximum atomic E-state index is 13.4. The third kappa shape index (κ3) is 4.46. The van der Waals surface area contributed by atoms with Crippen LogP contribution in [-0.2, 0) is 32.4 Å². The SMILES string of the molecule is O=C(N[C@@H]1CCCN(Cc2csc3c2C=CCC3)C1)N1CCc2[nH]nc(-c3ccc4c(c3)CCO4)c2C1. The zero-order valence-corrected chi connectivity index (χ0v) is 21.9. The second-order valence-corrected chi connectivity index (χ2v) is 11.6. The van der Waals surface area contributed by atoms with E-state index in [2.05, 4.69) is 50.1 Å². The van der Waals surface area contributed by atoms with Crippen molar-refractivity contribution < 1.29 is 9.53 Å². The fourth-order valence-corrected chi connectivity index (χ4v) is 7.29. The molecular formula is C29H33N5O2S. The maximum Gasteiger partial charge on any atom is 0.317 e. The fraction of sp³-hybridized carbons (Fsp3) is 0.448. The number of amides is 2. The van der Waals surface area contributed by atoms with Gasteiger partial charge >= 0.3 is 6.03 Å². The number of urea groups is 1. The number of aryl methyl sites for hydroxylation is 1. The molecule has 37 heavy (non-hydrogen) atoms. The molecule has 1 aliphatic carbocycles. The van der Waals surface area contributed by atoms with Crippen LogP contribution in [0.25, 0.3) is 17.3 Å². The molecule has 1 aromatic carbocycles. The van der Waals surface area contributed by atoms with E-state index in [0.29, 0.717) is 13.1 Å². The Morgan fingerprint density at radius 2 is 2.22 bits per heavy atom. The number of fused-ring (bicyclic) bond motifs is 3. The van der Waals surface area contributed by atoms with Gasteiger partial charge < -0.3 is 15.0 Å². The quantitative estimate of drug-likeness (QED) is 0.525. The fourth-order valence-electron chi connectivity index (χ4n) is 6.24. The monoisotopic (exact) mass is 515 g/mol. The maximum absolute atomic E-state index is 13.4. The molecule has 0 saturated carbocycles. The molecule has 2 N–H and O–H groups in total. The van der Waals surface area contributed by atoms with Crippen LogP contribution in [0.4, 0.5) is 4.79 Å². The minimum absolute atomic E-state index is 0.0443. The van der Waals surface area contributed by atoms with Crippen molar-refractivity contribution >= 4 is 23.4 Å². The van der Waals surface area contributed by atoms with E-state index < -0.39 is 0 Å². The Kier molecular flexibility index (Phi) is 6.01. The van der Waals surface area contributed by atoms with Gasteiger partial charge in [-0.25, -0.2) is 4.79 Å². The molecule has 0 radical (unpaired) electrons. The lowest BCUT2D eigenvalue weighted by atomic mass is 9.99. The summed E-state index contributed by atoms with van der Waals surface area (Å²) in [6.45, 7) is 5.02. The van der Waals surface area contributed by atoms with Crippen LogP contribution >= 0.6 is 11.3 Å². The zero-order valence-electron chi connectivity index (χ0n) is 21.1. The summed E-state index contributed by atoms with van der Waals surface area (Å²) >= 11 is 1.90. The average Bonchev–Trinajstić information content (AvgIpc) is 3.67. The first-order chi connectivity index (χ1) is 18.2. The first kappa shape index (κ1) is 23.0. The van der Waals surface area contributed by atoms with Crippen LogP contribution in [0.3, 0.4) is 0 Å². The molecule has 4 aliphatic rings. The minimum atomic E-state index is 0.0443. The van der Waals surface area contributed by atoms with E-state index in [4.69, 9.17) is 4.74 Å². The smallest absolute Gasteiger partial charge is 0.317 e. The molecule has 1 atom stereocenters. The number of allylic oxidation sites excluding steroid dienone is 1. The largest absolute Gasteiger partial charge is 0.493 e. The number of hydrogen-bond acceptors (Lipinski definition) is 5.